The van der Waals surface area contributed by atoms with Gasteiger partial charge in [-0.3, -0.25) is 9.69 Å². The predicted molar refractivity (Wildman–Crippen MR) is 79.8 cm³/mol. The van der Waals surface area contributed by atoms with Crippen LogP contribution >= 0.6 is 11.6 Å². The fraction of sp³-hybridized carbons (Fsp3) is 0.533. The maximum Gasteiger partial charge on any atom is 0.248 e. The normalized spacial score (nSPS) is 16.2. The Balaban J connectivity index is 1.86. The Labute approximate surface area is 129 Å². The first kappa shape index (κ1) is 16.2. The highest BCUT2D eigenvalue weighted by Crippen LogP contribution is 2.21. The Morgan fingerprint density at radius 1 is 1.33 bits per heavy atom. The van der Waals surface area contributed by atoms with Crippen molar-refractivity contribution in [3.8, 4) is 0 Å². The van der Waals surface area contributed by atoms with E-state index in [4.69, 9.17) is 16.3 Å². The molecule has 1 aromatic rings. The van der Waals surface area contributed by atoms with Crippen LogP contribution in [0, 0.1) is 5.82 Å². The molecule has 4 nitrogen and oxygen atoms in total. The summed E-state index contributed by atoms with van der Waals surface area (Å²) in [5, 5.41) is 0.449. The molecule has 1 saturated heterocycles. The summed E-state index contributed by atoms with van der Waals surface area (Å²) in [4.78, 5) is 15.7. The fourth-order valence-corrected chi connectivity index (χ4v) is 2.57. The van der Waals surface area contributed by atoms with Crippen LogP contribution in [-0.4, -0.2) is 55.1 Å². The van der Waals surface area contributed by atoms with Crippen LogP contribution < -0.4 is 0 Å². The van der Waals surface area contributed by atoms with E-state index in [2.05, 4.69) is 4.90 Å². The molecule has 0 bridgehead atoms. The number of piperazine rings is 1. The van der Waals surface area contributed by atoms with Crippen LogP contribution in [0.4, 0.5) is 4.39 Å². The highest BCUT2D eigenvalue weighted by molar-refractivity contribution is 6.31. The van der Waals surface area contributed by atoms with E-state index in [-0.39, 0.29) is 18.3 Å². The predicted octanol–water partition coefficient (Wildman–Crippen LogP) is 2.16. The summed E-state index contributed by atoms with van der Waals surface area (Å²) in [6.45, 7) is 5.70. The van der Waals surface area contributed by atoms with Crippen LogP contribution in [0.15, 0.2) is 18.2 Å². The summed E-state index contributed by atoms with van der Waals surface area (Å²) in [5.74, 6) is -0.266. The van der Waals surface area contributed by atoms with Gasteiger partial charge in [-0.1, -0.05) is 17.7 Å². The van der Waals surface area contributed by atoms with Gasteiger partial charge in [0.1, 0.15) is 12.4 Å². The van der Waals surface area contributed by atoms with Gasteiger partial charge in [0.25, 0.3) is 0 Å². The summed E-state index contributed by atoms with van der Waals surface area (Å²) in [5.41, 5.74) is 0.522. The average Bonchev–Trinajstić information content (AvgIpc) is 2.49. The van der Waals surface area contributed by atoms with E-state index in [1.54, 1.807) is 17.0 Å². The van der Waals surface area contributed by atoms with Gasteiger partial charge in [0, 0.05) is 49.9 Å². The summed E-state index contributed by atoms with van der Waals surface area (Å²) in [6.07, 6.45) is 0. The number of hydrogen-bond donors (Lipinski definition) is 0. The topological polar surface area (TPSA) is 32.8 Å². The number of ether oxygens (including phenoxy) is 1. The molecule has 0 atom stereocenters. The van der Waals surface area contributed by atoms with Gasteiger partial charge < -0.3 is 9.64 Å². The second kappa shape index (κ2) is 7.73. The SMILES string of the molecule is CCOCC(=O)N1CCN(Cc2c(F)cccc2Cl)CC1. The van der Waals surface area contributed by atoms with Gasteiger partial charge in [-0.2, -0.15) is 0 Å². The van der Waals surface area contributed by atoms with Crippen LogP contribution in [0.5, 0.6) is 0 Å². The van der Waals surface area contributed by atoms with E-state index >= 15 is 0 Å². The van der Waals surface area contributed by atoms with E-state index in [1.165, 1.54) is 6.07 Å². The number of carbonyl (C=O) groups is 1. The lowest BCUT2D eigenvalue weighted by molar-refractivity contribution is -0.137. The summed E-state index contributed by atoms with van der Waals surface area (Å²) in [6, 6.07) is 4.72. The van der Waals surface area contributed by atoms with Crippen molar-refractivity contribution in [2.24, 2.45) is 0 Å². The third kappa shape index (κ3) is 4.40. The lowest BCUT2D eigenvalue weighted by atomic mass is 10.2. The molecule has 0 N–H and O–H groups in total. The van der Waals surface area contributed by atoms with Crippen LogP contribution in [0.1, 0.15) is 12.5 Å². The molecule has 1 fully saturated rings. The number of halogens is 2. The van der Waals surface area contributed by atoms with E-state index in [0.717, 1.165) is 0 Å². The second-order valence-electron chi connectivity index (χ2n) is 4.99. The molecule has 116 valence electrons. The standard InChI is InChI=1S/C15H20ClFN2O2/c1-2-21-11-15(20)19-8-6-18(7-9-19)10-12-13(16)4-3-5-14(12)17/h3-5H,2,6-11H2,1H3. The maximum absolute atomic E-state index is 13.8. The number of rotatable bonds is 5. The zero-order valence-electron chi connectivity index (χ0n) is 12.1. The molecule has 0 saturated carbocycles. The zero-order chi connectivity index (χ0) is 15.2. The maximum atomic E-state index is 13.8. The number of hydrogen-bond acceptors (Lipinski definition) is 3. The third-order valence-corrected chi connectivity index (χ3v) is 3.95. The molecule has 0 aromatic heterocycles. The molecular weight excluding hydrogens is 295 g/mol. The monoisotopic (exact) mass is 314 g/mol. The Hall–Kier alpha value is -1.17. The van der Waals surface area contributed by atoms with Crippen LogP contribution in [-0.2, 0) is 16.1 Å². The smallest absolute Gasteiger partial charge is 0.248 e. The minimum absolute atomic E-state index is 0.0143. The van der Waals surface area contributed by atoms with Crippen LogP contribution in [0.3, 0.4) is 0 Å². The molecule has 0 aliphatic carbocycles. The molecule has 21 heavy (non-hydrogen) atoms. The molecule has 1 aliphatic rings. The van der Waals surface area contributed by atoms with Gasteiger partial charge in [0.05, 0.1) is 0 Å². The Morgan fingerprint density at radius 3 is 2.67 bits per heavy atom. The molecule has 6 heteroatoms. The quantitative estimate of drug-likeness (QED) is 0.835. The minimum atomic E-state index is -0.280. The van der Waals surface area contributed by atoms with Gasteiger partial charge in [-0.15, -0.1) is 0 Å². The largest absolute Gasteiger partial charge is 0.372 e. The van der Waals surface area contributed by atoms with E-state index in [1.807, 2.05) is 6.92 Å². The van der Waals surface area contributed by atoms with Crippen LogP contribution in [0.2, 0.25) is 5.02 Å². The molecule has 1 amide bonds. The van der Waals surface area contributed by atoms with Gasteiger partial charge in [-0.25, -0.2) is 4.39 Å². The molecular formula is C15H20ClFN2O2. The van der Waals surface area contributed by atoms with Crippen molar-refractivity contribution < 1.29 is 13.9 Å². The molecule has 2 rings (SSSR count). The molecule has 1 aliphatic heterocycles. The van der Waals surface area contributed by atoms with Crippen molar-refractivity contribution in [1.29, 1.82) is 0 Å². The minimum Gasteiger partial charge on any atom is -0.372 e. The highest BCUT2D eigenvalue weighted by Gasteiger charge is 2.22. The van der Waals surface area contributed by atoms with Gasteiger partial charge in [0.2, 0.25) is 5.91 Å². The molecule has 0 unspecified atom stereocenters. The van der Waals surface area contributed by atoms with E-state index in [0.29, 0.717) is 49.9 Å². The zero-order valence-corrected chi connectivity index (χ0v) is 12.9. The lowest BCUT2D eigenvalue weighted by Crippen LogP contribution is -2.49. The third-order valence-electron chi connectivity index (χ3n) is 3.60. The van der Waals surface area contributed by atoms with Gasteiger partial charge >= 0.3 is 0 Å². The van der Waals surface area contributed by atoms with Gasteiger partial charge in [0.15, 0.2) is 0 Å². The van der Waals surface area contributed by atoms with E-state index < -0.39 is 0 Å². The summed E-state index contributed by atoms with van der Waals surface area (Å²) >= 11 is 6.04. The lowest BCUT2D eigenvalue weighted by Gasteiger charge is -2.34. The second-order valence-corrected chi connectivity index (χ2v) is 5.40. The summed E-state index contributed by atoms with van der Waals surface area (Å²) in [7, 11) is 0. The molecule has 1 aromatic carbocycles. The molecule has 1 heterocycles. The first-order valence-electron chi connectivity index (χ1n) is 7.12. The average molecular weight is 315 g/mol. The Kier molecular flexibility index (Phi) is 5.96. The van der Waals surface area contributed by atoms with Crippen molar-refractivity contribution in [1.82, 2.24) is 9.80 Å². The van der Waals surface area contributed by atoms with Crippen molar-refractivity contribution in [2.75, 3.05) is 39.4 Å². The van der Waals surface area contributed by atoms with Crippen molar-refractivity contribution in [3.05, 3.63) is 34.6 Å². The van der Waals surface area contributed by atoms with Crippen molar-refractivity contribution in [2.45, 2.75) is 13.5 Å². The van der Waals surface area contributed by atoms with Crippen LogP contribution in [0.25, 0.3) is 0 Å². The van der Waals surface area contributed by atoms with Gasteiger partial charge in [-0.05, 0) is 19.1 Å². The number of nitrogens with zero attached hydrogens (tertiary/aromatic N) is 2. The molecule has 0 spiro atoms. The van der Waals surface area contributed by atoms with Crippen molar-refractivity contribution in [3.63, 3.8) is 0 Å². The highest BCUT2D eigenvalue weighted by atomic mass is 35.5. The Bertz CT molecular complexity index is 470. The first-order valence-corrected chi connectivity index (χ1v) is 7.50. The van der Waals surface area contributed by atoms with E-state index in [9.17, 15) is 9.18 Å². The number of benzene rings is 1. The first-order chi connectivity index (χ1) is 10.1. The summed E-state index contributed by atoms with van der Waals surface area (Å²) < 4.78 is 18.9. The Morgan fingerprint density at radius 2 is 2.05 bits per heavy atom. The molecule has 0 radical (unpaired) electrons. The van der Waals surface area contributed by atoms with Crippen molar-refractivity contribution >= 4 is 17.5 Å². The number of amides is 1. The number of carbonyl (C=O) groups excluding carboxylic acids is 1. The fourth-order valence-electron chi connectivity index (χ4n) is 2.34.